The van der Waals surface area contributed by atoms with Crippen molar-refractivity contribution in [1.29, 1.82) is 0 Å². The fourth-order valence-corrected chi connectivity index (χ4v) is 3.03. The predicted molar refractivity (Wildman–Crippen MR) is 87.5 cm³/mol. The number of nitrogens with one attached hydrogen (secondary N) is 1. The minimum absolute atomic E-state index is 0.0728. The maximum atomic E-state index is 14.1. The van der Waals surface area contributed by atoms with Gasteiger partial charge in [0.1, 0.15) is 17.3 Å². The standard InChI is InChI=1S/C18H17F2N3O/c19-13-5-6-15(20)17(9-13)23-16-4-2-1-3-14(16)18(22-23)24-11-12-7-8-21-10-12/h1-6,9,12,21H,7-8,10-11H2/t12-/m0/s1. The van der Waals surface area contributed by atoms with Gasteiger partial charge < -0.3 is 10.1 Å². The van der Waals surface area contributed by atoms with E-state index in [4.69, 9.17) is 4.74 Å². The van der Waals surface area contributed by atoms with Gasteiger partial charge >= 0.3 is 0 Å². The molecular weight excluding hydrogens is 312 g/mol. The Morgan fingerprint density at radius 1 is 1.21 bits per heavy atom. The Labute approximate surface area is 138 Å². The topological polar surface area (TPSA) is 39.1 Å². The third-order valence-electron chi connectivity index (χ3n) is 4.31. The van der Waals surface area contributed by atoms with E-state index in [1.54, 1.807) is 0 Å². The average Bonchev–Trinajstić information content (AvgIpc) is 3.23. The average molecular weight is 329 g/mol. The molecule has 1 fully saturated rings. The number of ether oxygens (including phenoxy) is 1. The molecule has 0 amide bonds. The highest BCUT2D eigenvalue weighted by molar-refractivity contribution is 5.86. The minimum atomic E-state index is -0.531. The van der Waals surface area contributed by atoms with Crippen molar-refractivity contribution in [2.75, 3.05) is 19.7 Å². The largest absolute Gasteiger partial charge is 0.476 e. The molecule has 0 saturated carbocycles. The van der Waals surface area contributed by atoms with Crippen LogP contribution in [0.1, 0.15) is 6.42 Å². The second-order valence-electron chi connectivity index (χ2n) is 6.00. The van der Waals surface area contributed by atoms with Crippen LogP contribution < -0.4 is 10.1 Å². The SMILES string of the molecule is Fc1ccc(F)c(-n2nc(OC[C@H]3CCNC3)c3ccccc32)c1. The lowest BCUT2D eigenvalue weighted by atomic mass is 10.1. The Morgan fingerprint density at radius 2 is 2.08 bits per heavy atom. The zero-order valence-corrected chi connectivity index (χ0v) is 13.0. The van der Waals surface area contributed by atoms with Crippen molar-refractivity contribution < 1.29 is 13.5 Å². The van der Waals surface area contributed by atoms with E-state index in [1.165, 1.54) is 4.68 Å². The van der Waals surface area contributed by atoms with Crippen LogP contribution in [0.3, 0.4) is 0 Å². The summed E-state index contributed by atoms with van der Waals surface area (Å²) in [6, 6.07) is 10.7. The second-order valence-corrected chi connectivity index (χ2v) is 6.00. The Morgan fingerprint density at radius 3 is 2.92 bits per heavy atom. The van der Waals surface area contributed by atoms with Crippen molar-refractivity contribution in [2.24, 2.45) is 5.92 Å². The van der Waals surface area contributed by atoms with Crippen molar-refractivity contribution in [3.63, 3.8) is 0 Å². The number of hydrogen-bond donors (Lipinski definition) is 1. The highest BCUT2D eigenvalue weighted by Crippen LogP contribution is 2.29. The first-order valence-electron chi connectivity index (χ1n) is 7.99. The molecule has 24 heavy (non-hydrogen) atoms. The lowest BCUT2D eigenvalue weighted by molar-refractivity contribution is 0.252. The molecule has 2 heterocycles. The van der Waals surface area contributed by atoms with E-state index in [2.05, 4.69) is 10.4 Å². The van der Waals surface area contributed by atoms with Crippen LogP contribution in [-0.2, 0) is 0 Å². The third-order valence-corrected chi connectivity index (χ3v) is 4.31. The molecule has 2 aromatic carbocycles. The summed E-state index contributed by atoms with van der Waals surface area (Å²) in [7, 11) is 0. The van der Waals surface area contributed by atoms with Crippen LogP contribution in [0, 0.1) is 17.6 Å². The molecule has 0 spiro atoms. The van der Waals surface area contributed by atoms with E-state index in [1.807, 2.05) is 24.3 Å². The maximum absolute atomic E-state index is 14.1. The van der Waals surface area contributed by atoms with E-state index in [0.717, 1.165) is 43.1 Å². The van der Waals surface area contributed by atoms with Crippen molar-refractivity contribution in [3.05, 3.63) is 54.1 Å². The number of rotatable bonds is 4. The van der Waals surface area contributed by atoms with Crippen molar-refractivity contribution in [1.82, 2.24) is 15.1 Å². The number of nitrogens with zero attached hydrogens (tertiary/aromatic N) is 2. The van der Waals surface area contributed by atoms with Crippen molar-refractivity contribution >= 4 is 10.9 Å². The molecule has 0 unspecified atom stereocenters. The molecule has 4 nitrogen and oxygen atoms in total. The van der Waals surface area contributed by atoms with Crippen LogP contribution in [0.25, 0.3) is 16.6 Å². The van der Waals surface area contributed by atoms with Gasteiger partial charge in [0.25, 0.3) is 0 Å². The summed E-state index contributed by atoms with van der Waals surface area (Å²) >= 11 is 0. The first kappa shape index (κ1) is 15.1. The quantitative estimate of drug-likeness (QED) is 0.798. The van der Waals surface area contributed by atoms with Gasteiger partial charge in [-0.3, -0.25) is 0 Å². The molecule has 4 rings (SSSR count). The molecule has 0 bridgehead atoms. The van der Waals surface area contributed by atoms with E-state index in [0.29, 0.717) is 23.9 Å². The summed E-state index contributed by atoms with van der Waals surface area (Å²) in [4.78, 5) is 0. The number of benzene rings is 2. The molecule has 1 aromatic heterocycles. The lowest BCUT2D eigenvalue weighted by Crippen LogP contribution is -2.15. The molecule has 1 N–H and O–H groups in total. The predicted octanol–water partition coefficient (Wildman–Crippen LogP) is 3.29. The van der Waals surface area contributed by atoms with Crippen molar-refractivity contribution in [3.8, 4) is 11.6 Å². The van der Waals surface area contributed by atoms with Gasteiger partial charge in [-0.15, -0.1) is 5.10 Å². The normalized spacial score (nSPS) is 17.5. The third kappa shape index (κ3) is 2.73. The highest BCUT2D eigenvalue weighted by atomic mass is 19.1. The number of halogens is 2. The van der Waals surface area contributed by atoms with Gasteiger partial charge in [-0.2, -0.15) is 0 Å². The number of hydrogen-bond acceptors (Lipinski definition) is 3. The summed E-state index contributed by atoms with van der Waals surface area (Å²) in [6.07, 6.45) is 1.07. The maximum Gasteiger partial charge on any atom is 0.241 e. The number of aromatic nitrogens is 2. The summed E-state index contributed by atoms with van der Waals surface area (Å²) in [5.74, 6) is -0.150. The molecule has 0 radical (unpaired) electrons. The van der Waals surface area contributed by atoms with E-state index < -0.39 is 11.6 Å². The molecule has 0 aliphatic carbocycles. The van der Waals surface area contributed by atoms with Gasteiger partial charge in [-0.25, -0.2) is 13.5 Å². The van der Waals surface area contributed by atoms with Gasteiger partial charge in [0.2, 0.25) is 5.88 Å². The Balaban J connectivity index is 1.74. The molecule has 124 valence electrons. The highest BCUT2D eigenvalue weighted by Gasteiger charge is 2.19. The first-order valence-corrected chi connectivity index (χ1v) is 7.99. The lowest BCUT2D eigenvalue weighted by Gasteiger charge is -2.08. The zero-order valence-electron chi connectivity index (χ0n) is 13.0. The Hall–Kier alpha value is -2.47. The molecule has 1 aliphatic rings. The second kappa shape index (κ2) is 6.20. The molecule has 6 heteroatoms. The molecule has 3 aromatic rings. The van der Waals surface area contributed by atoms with Crippen LogP contribution in [0.4, 0.5) is 8.78 Å². The smallest absolute Gasteiger partial charge is 0.241 e. The van der Waals surface area contributed by atoms with Crippen LogP contribution >= 0.6 is 0 Å². The van der Waals surface area contributed by atoms with Crippen LogP contribution in [0.15, 0.2) is 42.5 Å². The first-order chi connectivity index (χ1) is 11.7. The molecule has 1 saturated heterocycles. The van der Waals surface area contributed by atoms with Gasteiger partial charge in [0.15, 0.2) is 0 Å². The summed E-state index contributed by atoms with van der Waals surface area (Å²) in [5.41, 5.74) is 0.755. The zero-order chi connectivity index (χ0) is 16.5. The van der Waals surface area contributed by atoms with E-state index in [9.17, 15) is 8.78 Å². The molecule has 1 atom stereocenters. The summed E-state index contributed by atoms with van der Waals surface area (Å²) in [5, 5.41) is 8.47. The Bertz CT molecular complexity index is 872. The fraction of sp³-hybridized carbons (Fsp3) is 0.278. The summed E-state index contributed by atoms with van der Waals surface area (Å²) in [6.45, 7) is 2.48. The minimum Gasteiger partial charge on any atom is -0.476 e. The number of fused-ring (bicyclic) bond motifs is 1. The van der Waals surface area contributed by atoms with Crippen LogP contribution in [-0.4, -0.2) is 29.5 Å². The van der Waals surface area contributed by atoms with Gasteiger partial charge in [-0.1, -0.05) is 12.1 Å². The van der Waals surface area contributed by atoms with Crippen molar-refractivity contribution in [2.45, 2.75) is 6.42 Å². The van der Waals surface area contributed by atoms with Gasteiger partial charge in [-0.05, 0) is 37.2 Å². The number of para-hydroxylation sites is 1. The van der Waals surface area contributed by atoms with E-state index in [-0.39, 0.29) is 5.69 Å². The fourth-order valence-electron chi connectivity index (χ4n) is 3.03. The van der Waals surface area contributed by atoms with Gasteiger partial charge in [0.05, 0.1) is 17.5 Å². The van der Waals surface area contributed by atoms with Gasteiger partial charge in [0, 0.05) is 18.5 Å². The Kier molecular flexibility index (Phi) is 3.90. The van der Waals surface area contributed by atoms with E-state index >= 15 is 0 Å². The summed E-state index contributed by atoms with van der Waals surface area (Å²) < 4.78 is 35.0. The monoisotopic (exact) mass is 329 g/mol. The van der Waals surface area contributed by atoms with Crippen LogP contribution in [0.2, 0.25) is 0 Å². The molecule has 1 aliphatic heterocycles. The van der Waals surface area contributed by atoms with Crippen LogP contribution in [0.5, 0.6) is 5.88 Å². The molecular formula is C18H17F2N3O.